The first-order chi connectivity index (χ1) is 9.74. The van der Waals surface area contributed by atoms with Crippen molar-refractivity contribution < 1.29 is 4.52 Å². The van der Waals surface area contributed by atoms with Gasteiger partial charge in [0.15, 0.2) is 0 Å². The number of anilines is 1. The van der Waals surface area contributed by atoms with Crippen LogP contribution in [0.15, 0.2) is 47.2 Å². The molecule has 2 aromatic heterocycles. The summed E-state index contributed by atoms with van der Waals surface area (Å²) in [6.45, 7) is 4.58. The first-order valence-corrected chi connectivity index (χ1v) is 6.50. The Morgan fingerprint density at radius 3 is 2.85 bits per heavy atom. The van der Waals surface area contributed by atoms with E-state index in [1.807, 2.05) is 49.0 Å². The Labute approximate surface area is 117 Å². The minimum Gasteiger partial charge on any atom is -0.381 e. The maximum atomic E-state index is 5.16. The molecule has 5 nitrogen and oxygen atoms in total. The van der Waals surface area contributed by atoms with Crippen molar-refractivity contribution in [1.29, 1.82) is 0 Å². The first kappa shape index (κ1) is 12.5. The van der Waals surface area contributed by atoms with Gasteiger partial charge in [-0.25, -0.2) is 4.68 Å². The molecule has 0 aliphatic rings. The number of nitrogens with one attached hydrogen (secondary N) is 1. The third-order valence-corrected chi connectivity index (χ3v) is 3.27. The van der Waals surface area contributed by atoms with E-state index in [1.165, 1.54) is 0 Å². The molecule has 0 atom stereocenters. The number of benzene rings is 1. The van der Waals surface area contributed by atoms with Crippen LogP contribution in [0.4, 0.5) is 5.69 Å². The number of hydrogen-bond acceptors (Lipinski definition) is 4. The monoisotopic (exact) mass is 268 g/mol. The van der Waals surface area contributed by atoms with E-state index in [-0.39, 0.29) is 0 Å². The van der Waals surface area contributed by atoms with Gasteiger partial charge in [0, 0.05) is 30.2 Å². The number of nitrogens with zero attached hydrogens (tertiary/aromatic N) is 3. The zero-order valence-electron chi connectivity index (χ0n) is 11.5. The van der Waals surface area contributed by atoms with E-state index in [4.69, 9.17) is 4.52 Å². The van der Waals surface area contributed by atoms with Crippen molar-refractivity contribution >= 4 is 5.69 Å². The average Bonchev–Trinajstić information content (AvgIpc) is 3.09. The third-order valence-electron chi connectivity index (χ3n) is 3.27. The zero-order valence-corrected chi connectivity index (χ0v) is 11.5. The van der Waals surface area contributed by atoms with Crippen LogP contribution in [0.5, 0.6) is 0 Å². The fourth-order valence-corrected chi connectivity index (χ4v) is 2.12. The second-order valence-electron chi connectivity index (χ2n) is 4.66. The molecule has 102 valence electrons. The van der Waals surface area contributed by atoms with Gasteiger partial charge in [-0.05, 0) is 38.1 Å². The van der Waals surface area contributed by atoms with Gasteiger partial charge in [-0.3, -0.25) is 0 Å². The second kappa shape index (κ2) is 5.21. The van der Waals surface area contributed by atoms with Gasteiger partial charge >= 0.3 is 0 Å². The molecule has 1 N–H and O–H groups in total. The van der Waals surface area contributed by atoms with Gasteiger partial charge in [-0.2, -0.15) is 5.10 Å². The molecule has 3 aromatic rings. The summed E-state index contributed by atoms with van der Waals surface area (Å²) in [7, 11) is 0. The fraction of sp³-hybridized carbons (Fsp3) is 0.200. The molecule has 2 heterocycles. The highest BCUT2D eigenvalue weighted by Crippen LogP contribution is 2.17. The standard InChI is InChI=1S/C15H16N4O/c1-11-15(12(2)20-18-11)10-16-13-5-3-6-14(9-13)19-8-4-7-17-19/h3-9,16H,10H2,1-2H3. The zero-order chi connectivity index (χ0) is 13.9. The van der Waals surface area contributed by atoms with Crippen LogP contribution < -0.4 is 5.32 Å². The second-order valence-corrected chi connectivity index (χ2v) is 4.66. The highest BCUT2D eigenvalue weighted by atomic mass is 16.5. The molecule has 0 fully saturated rings. The van der Waals surface area contributed by atoms with E-state index < -0.39 is 0 Å². The molecule has 1 aromatic carbocycles. The smallest absolute Gasteiger partial charge is 0.138 e. The molecular formula is C15H16N4O. The van der Waals surface area contributed by atoms with Crippen LogP contribution in [0, 0.1) is 13.8 Å². The molecule has 0 aliphatic heterocycles. The first-order valence-electron chi connectivity index (χ1n) is 6.50. The van der Waals surface area contributed by atoms with Crippen LogP contribution in [-0.2, 0) is 6.54 Å². The van der Waals surface area contributed by atoms with Gasteiger partial charge in [-0.1, -0.05) is 11.2 Å². The largest absolute Gasteiger partial charge is 0.381 e. The van der Waals surface area contributed by atoms with E-state index >= 15 is 0 Å². The van der Waals surface area contributed by atoms with Gasteiger partial charge < -0.3 is 9.84 Å². The van der Waals surface area contributed by atoms with Crippen LogP contribution >= 0.6 is 0 Å². The number of aryl methyl sites for hydroxylation is 2. The minimum absolute atomic E-state index is 0.698. The van der Waals surface area contributed by atoms with E-state index in [9.17, 15) is 0 Å². The van der Waals surface area contributed by atoms with E-state index in [0.717, 1.165) is 28.4 Å². The lowest BCUT2D eigenvalue weighted by Crippen LogP contribution is -2.02. The third kappa shape index (κ3) is 2.42. The average molecular weight is 268 g/mol. The number of hydrogen-bond donors (Lipinski definition) is 1. The molecule has 20 heavy (non-hydrogen) atoms. The summed E-state index contributed by atoms with van der Waals surface area (Å²) >= 11 is 0. The lowest BCUT2D eigenvalue weighted by molar-refractivity contribution is 0.392. The van der Waals surface area contributed by atoms with E-state index in [2.05, 4.69) is 21.6 Å². The van der Waals surface area contributed by atoms with Crippen LogP contribution in [-0.4, -0.2) is 14.9 Å². The van der Waals surface area contributed by atoms with Crippen molar-refractivity contribution in [2.24, 2.45) is 0 Å². The summed E-state index contributed by atoms with van der Waals surface area (Å²) < 4.78 is 7.00. The Bertz CT molecular complexity index is 681. The Morgan fingerprint density at radius 2 is 2.15 bits per heavy atom. The molecule has 0 amide bonds. The van der Waals surface area contributed by atoms with Crippen LogP contribution in [0.1, 0.15) is 17.0 Å². The van der Waals surface area contributed by atoms with Crippen molar-refractivity contribution in [2.45, 2.75) is 20.4 Å². The van der Waals surface area contributed by atoms with Crippen molar-refractivity contribution in [3.63, 3.8) is 0 Å². The van der Waals surface area contributed by atoms with Crippen molar-refractivity contribution in [1.82, 2.24) is 14.9 Å². The normalized spacial score (nSPS) is 10.7. The molecule has 0 unspecified atom stereocenters. The Kier molecular flexibility index (Phi) is 3.25. The molecule has 0 spiro atoms. The van der Waals surface area contributed by atoms with Crippen LogP contribution in [0.2, 0.25) is 0 Å². The van der Waals surface area contributed by atoms with Gasteiger partial charge in [-0.15, -0.1) is 0 Å². The Balaban J connectivity index is 1.77. The summed E-state index contributed by atoms with van der Waals surface area (Å²) in [5, 5.41) is 11.6. The van der Waals surface area contributed by atoms with Crippen molar-refractivity contribution in [2.75, 3.05) is 5.32 Å². The number of aromatic nitrogens is 3. The lowest BCUT2D eigenvalue weighted by Gasteiger charge is -2.08. The van der Waals surface area contributed by atoms with Gasteiger partial charge in [0.05, 0.1) is 11.4 Å². The molecular weight excluding hydrogens is 252 g/mol. The quantitative estimate of drug-likeness (QED) is 0.790. The molecule has 0 bridgehead atoms. The molecule has 0 saturated carbocycles. The summed E-state index contributed by atoms with van der Waals surface area (Å²) in [5.74, 6) is 0.859. The van der Waals surface area contributed by atoms with Crippen molar-refractivity contribution in [3.05, 3.63) is 59.7 Å². The maximum Gasteiger partial charge on any atom is 0.138 e. The van der Waals surface area contributed by atoms with E-state index in [1.54, 1.807) is 6.20 Å². The lowest BCUT2D eigenvalue weighted by atomic mass is 10.2. The highest BCUT2D eigenvalue weighted by molar-refractivity contribution is 5.51. The summed E-state index contributed by atoms with van der Waals surface area (Å²) in [6, 6.07) is 10.0. The summed E-state index contributed by atoms with van der Waals surface area (Å²) in [5.41, 5.74) is 4.10. The Morgan fingerprint density at radius 1 is 1.25 bits per heavy atom. The molecule has 5 heteroatoms. The summed E-state index contributed by atoms with van der Waals surface area (Å²) in [4.78, 5) is 0. The molecule has 0 saturated heterocycles. The van der Waals surface area contributed by atoms with Crippen LogP contribution in [0.25, 0.3) is 5.69 Å². The minimum atomic E-state index is 0.698. The van der Waals surface area contributed by atoms with Gasteiger partial charge in [0.2, 0.25) is 0 Å². The topological polar surface area (TPSA) is 55.9 Å². The highest BCUT2D eigenvalue weighted by Gasteiger charge is 2.08. The number of rotatable bonds is 4. The maximum absolute atomic E-state index is 5.16. The molecule has 3 rings (SSSR count). The Hall–Kier alpha value is -2.56. The summed E-state index contributed by atoms with van der Waals surface area (Å²) in [6.07, 6.45) is 3.69. The predicted molar refractivity (Wildman–Crippen MR) is 76.9 cm³/mol. The van der Waals surface area contributed by atoms with Crippen molar-refractivity contribution in [3.8, 4) is 5.69 Å². The SMILES string of the molecule is Cc1noc(C)c1CNc1cccc(-n2cccn2)c1. The van der Waals surface area contributed by atoms with Gasteiger partial charge in [0.1, 0.15) is 5.76 Å². The predicted octanol–water partition coefficient (Wildman–Crippen LogP) is 3.09. The molecule has 0 aliphatic carbocycles. The fourth-order valence-electron chi connectivity index (χ4n) is 2.12. The molecule has 0 radical (unpaired) electrons. The van der Waals surface area contributed by atoms with Crippen LogP contribution in [0.3, 0.4) is 0 Å². The van der Waals surface area contributed by atoms with Gasteiger partial charge in [0.25, 0.3) is 0 Å². The van der Waals surface area contributed by atoms with E-state index in [0.29, 0.717) is 6.54 Å².